The second-order valence-electron chi connectivity index (χ2n) is 3.23. The maximum absolute atomic E-state index is 12.6. The largest absolute Gasteiger partial charge is 0.410 e. The minimum atomic E-state index is -4.35. The van der Waals surface area contributed by atoms with Crippen LogP contribution >= 0.6 is 0 Å². The van der Waals surface area contributed by atoms with Gasteiger partial charge in [-0.3, -0.25) is 0 Å². The molecule has 0 aliphatic carbocycles. The molecule has 0 aliphatic rings. The summed E-state index contributed by atoms with van der Waals surface area (Å²) in [6.45, 7) is 2.85. The van der Waals surface area contributed by atoms with Gasteiger partial charge in [0.05, 0.1) is 0 Å². The molecule has 0 aliphatic heterocycles. The number of alkyl halides is 3. The molecule has 0 spiro atoms. The van der Waals surface area contributed by atoms with E-state index in [-0.39, 0.29) is 0 Å². The molecule has 2 N–H and O–H groups in total. The number of aromatic nitrogens is 2. The maximum atomic E-state index is 12.6. The molecular weight excluding hydrogens is 195 g/mol. The van der Waals surface area contributed by atoms with E-state index in [4.69, 9.17) is 5.73 Å². The zero-order valence-electron chi connectivity index (χ0n) is 7.92. The predicted octanol–water partition coefficient (Wildman–Crippen LogP) is 1.64. The highest BCUT2D eigenvalue weighted by Gasteiger charge is 2.43. The highest BCUT2D eigenvalue weighted by molar-refractivity contribution is 4.96. The van der Waals surface area contributed by atoms with Gasteiger partial charge in [-0.2, -0.15) is 13.2 Å². The van der Waals surface area contributed by atoms with Gasteiger partial charge in [0, 0.05) is 18.4 Å². The average Bonchev–Trinajstić information content (AvgIpc) is 2.32. The second kappa shape index (κ2) is 3.61. The molecule has 0 saturated heterocycles. The van der Waals surface area contributed by atoms with E-state index in [9.17, 15) is 13.2 Å². The standard InChI is InChI=1S/C8H12F3N3/c1-5(12)7(8(9,10)11)14-4-3-13-6(14)2/h3-5,7H,12H2,1-2H3. The molecule has 0 bridgehead atoms. The van der Waals surface area contributed by atoms with Gasteiger partial charge in [-0.15, -0.1) is 0 Å². The van der Waals surface area contributed by atoms with Crippen molar-refractivity contribution in [2.75, 3.05) is 0 Å². The molecule has 0 saturated carbocycles. The number of hydrogen-bond donors (Lipinski definition) is 1. The fourth-order valence-corrected chi connectivity index (χ4v) is 1.39. The summed E-state index contributed by atoms with van der Waals surface area (Å²) < 4.78 is 38.8. The Labute approximate surface area is 79.7 Å². The van der Waals surface area contributed by atoms with E-state index in [1.54, 1.807) is 0 Å². The van der Waals surface area contributed by atoms with Crippen molar-refractivity contribution in [3.8, 4) is 0 Å². The van der Waals surface area contributed by atoms with Gasteiger partial charge < -0.3 is 10.3 Å². The highest BCUT2D eigenvalue weighted by atomic mass is 19.4. The summed E-state index contributed by atoms with van der Waals surface area (Å²) in [6, 6.07) is -2.70. The van der Waals surface area contributed by atoms with Crippen LogP contribution in [0.15, 0.2) is 12.4 Å². The van der Waals surface area contributed by atoms with Gasteiger partial charge in [0.1, 0.15) is 11.9 Å². The van der Waals surface area contributed by atoms with Crippen LogP contribution in [0.5, 0.6) is 0 Å². The van der Waals surface area contributed by atoms with E-state index in [1.807, 2.05) is 0 Å². The van der Waals surface area contributed by atoms with Crippen molar-refractivity contribution in [1.29, 1.82) is 0 Å². The normalized spacial score (nSPS) is 16.7. The molecule has 80 valence electrons. The Bertz CT molecular complexity index is 303. The Morgan fingerprint density at radius 1 is 1.50 bits per heavy atom. The fourth-order valence-electron chi connectivity index (χ4n) is 1.39. The number of nitrogens with zero attached hydrogens (tertiary/aromatic N) is 2. The highest BCUT2D eigenvalue weighted by Crippen LogP contribution is 2.32. The van der Waals surface area contributed by atoms with Gasteiger partial charge in [-0.1, -0.05) is 0 Å². The first-order chi connectivity index (χ1) is 6.34. The number of aryl methyl sites for hydroxylation is 1. The lowest BCUT2D eigenvalue weighted by molar-refractivity contribution is -0.172. The van der Waals surface area contributed by atoms with Crippen LogP contribution in [0.1, 0.15) is 18.8 Å². The Morgan fingerprint density at radius 2 is 2.07 bits per heavy atom. The van der Waals surface area contributed by atoms with E-state index < -0.39 is 18.3 Å². The van der Waals surface area contributed by atoms with E-state index in [1.165, 1.54) is 26.2 Å². The van der Waals surface area contributed by atoms with E-state index in [0.717, 1.165) is 4.57 Å². The SMILES string of the molecule is Cc1nccn1C(C(C)N)C(F)(F)F. The Morgan fingerprint density at radius 3 is 2.36 bits per heavy atom. The minimum Gasteiger partial charge on any atom is -0.326 e. The first-order valence-electron chi connectivity index (χ1n) is 4.15. The van der Waals surface area contributed by atoms with Crippen LogP contribution in [0, 0.1) is 6.92 Å². The molecule has 0 aromatic carbocycles. The smallest absolute Gasteiger partial charge is 0.326 e. The van der Waals surface area contributed by atoms with Crippen molar-refractivity contribution < 1.29 is 13.2 Å². The van der Waals surface area contributed by atoms with Crippen LogP contribution in [0.3, 0.4) is 0 Å². The van der Waals surface area contributed by atoms with Crippen molar-refractivity contribution in [2.45, 2.75) is 32.1 Å². The molecule has 2 atom stereocenters. The molecular formula is C8H12F3N3. The zero-order chi connectivity index (χ0) is 10.9. The van der Waals surface area contributed by atoms with Crippen LogP contribution in [0.2, 0.25) is 0 Å². The topological polar surface area (TPSA) is 43.8 Å². The molecule has 2 unspecified atom stereocenters. The van der Waals surface area contributed by atoms with E-state index in [0.29, 0.717) is 5.82 Å². The van der Waals surface area contributed by atoms with Crippen molar-refractivity contribution in [1.82, 2.24) is 9.55 Å². The molecule has 0 amide bonds. The van der Waals surface area contributed by atoms with Gasteiger partial charge in [0.15, 0.2) is 0 Å². The van der Waals surface area contributed by atoms with Gasteiger partial charge in [0.2, 0.25) is 0 Å². The Balaban J connectivity index is 3.08. The van der Waals surface area contributed by atoms with Gasteiger partial charge in [-0.05, 0) is 13.8 Å². The van der Waals surface area contributed by atoms with Crippen LogP contribution in [-0.4, -0.2) is 21.8 Å². The van der Waals surface area contributed by atoms with Crippen LogP contribution in [-0.2, 0) is 0 Å². The summed E-state index contributed by atoms with van der Waals surface area (Å²) in [5, 5.41) is 0. The molecule has 0 radical (unpaired) electrons. The number of halogens is 3. The first-order valence-corrected chi connectivity index (χ1v) is 4.15. The number of imidazole rings is 1. The molecule has 1 rings (SSSR count). The van der Waals surface area contributed by atoms with Crippen LogP contribution in [0.25, 0.3) is 0 Å². The summed E-state index contributed by atoms with van der Waals surface area (Å²) in [5.41, 5.74) is 5.31. The third kappa shape index (κ3) is 2.06. The Kier molecular flexibility index (Phi) is 2.84. The van der Waals surface area contributed by atoms with Crippen LogP contribution < -0.4 is 5.73 Å². The number of nitrogens with two attached hydrogens (primary N) is 1. The van der Waals surface area contributed by atoms with Crippen molar-refractivity contribution >= 4 is 0 Å². The quantitative estimate of drug-likeness (QED) is 0.801. The van der Waals surface area contributed by atoms with E-state index >= 15 is 0 Å². The number of rotatable bonds is 2. The molecule has 3 nitrogen and oxygen atoms in total. The monoisotopic (exact) mass is 207 g/mol. The van der Waals surface area contributed by atoms with Crippen molar-refractivity contribution in [2.24, 2.45) is 5.73 Å². The molecule has 1 aromatic rings. The van der Waals surface area contributed by atoms with Crippen molar-refractivity contribution in [3.05, 3.63) is 18.2 Å². The lowest BCUT2D eigenvalue weighted by atomic mass is 10.1. The maximum Gasteiger partial charge on any atom is 0.410 e. The summed E-state index contributed by atoms with van der Waals surface area (Å²) in [4.78, 5) is 3.74. The summed E-state index contributed by atoms with van der Waals surface area (Å²) >= 11 is 0. The zero-order valence-corrected chi connectivity index (χ0v) is 7.92. The second-order valence-corrected chi connectivity index (χ2v) is 3.23. The average molecular weight is 207 g/mol. The summed E-state index contributed by atoms with van der Waals surface area (Å²) in [6.07, 6.45) is -1.73. The number of hydrogen-bond acceptors (Lipinski definition) is 2. The molecule has 14 heavy (non-hydrogen) atoms. The van der Waals surface area contributed by atoms with Gasteiger partial charge >= 0.3 is 6.18 Å². The van der Waals surface area contributed by atoms with E-state index in [2.05, 4.69) is 4.98 Å². The first kappa shape index (κ1) is 11.0. The summed E-state index contributed by atoms with van der Waals surface area (Å²) in [5.74, 6) is 0.310. The third-order valence-corrected chi connectivity index (χ3v) is 2.00. The lowest BCUT2D eigenvalue weighted by Crippen LogP contribution is -2.40. The fraction of sp³-hybridized carbons (Fsp3) is 0.625. The van der Waals surface area contributed by atoms with Crippen molar-refractivity contribution in [3.63, 3.8) is 0 Å². The third-order valence-electron chi connectivity index (χ3n) is 2.00. The molecule has 0 fully saturated rings. The lowest BCUT2D eigenvalue weighted by Gasteiger charge is -2.25. The molecule has 1 heterocycles. The van der Waals surface area contributed by atoms with Gasteiger partial charge in [0.25, 0.3) is 0 Å². The minimum absolute atomic E-state index is 0.310. The Hall–Kier alpha value is -1.04. The predicted molar refractivity (Wildman–Crippen MR) is 45.7 cm³/mol. The molecule has 1 aromatic heterocycles. The van der Waals surface area contributed by atoms with Crippen LogP contribution in [0.4, 0.5) is 13.2 Å². The van der Waals surface area contributed by atoms with Gasteiger partial charge in [-0.25, -0.2) is 4.98 Å². The summed E-state index contributed by atoms with van der Waals surface area (Å²) in [7, 11) is 0. The molecule has 6 heteroatoms.